The van der Waals surface area contributed by atoms with Crippen LogP contribution in [0.1, 0.15) is 29.9 Å². The van der Waals surface area contributed by atoms with Gasteiger partial charge in [0.25, 0.3) is 5.91 Å². The molecule has 184 valence electrons. The minimum atomic E-state index is -3.52. The highest BCUT2D eigenvalue weighted by Crippen LogP contribution is 2.27. The Hall–Kier alpha value is -3.60. The number of rotatable bonds is 8. The highest BCUT2D eigenvalue weighted by Gasteiger charge is 2.22. The van der Waals surface area contributed by atoms with Gasteiger partial charge in [-0.2, -0.15) is 9.40 Å². The van der Waals surface area contributed by atoms with E-state index in [2.05, 4.69) is 15.4 Å². The molecule has 0 unspecified atom stereocenters. The van der Waals surface area contributed by atoms with E-state index in [0.29, 0.717) is 30.5 Å². The minimum Gasteiger partial charge on any atom is -0.296 e. The molecule has 5 rings (SSSR count). The monoisotopic (exact) mass is 519 g/mol. The normalized spacial score (nSPS) is 12.0. The molecule has 0 atom stereocenters. The standard InChI is InChI=1S/C26H25N5O3S2/c1-3-30(4-2)36(33,34)19-15-13-18(14-16-19)17-31-22-11-7-5-9-20(22)24(29-31)25(32)28-26-27-21-10-6-8-12-23(21)35-26/h5-16H,3-4,17H2,1-2H3,(H,27,28,32). The molecule has 0 fully saturated rings. The van der Waals surface area contributed by atoms with Crippen LogP contribution in [0.15, 0.2) is 77.7 Å². The summed E-state index contributed by atoms with van der Waals surface area (Å²) in [5.41, 5.74) is 2.83. The van der Waals surface area contributed by atoms with Crippen molar-refractivity contribution in [1.82, 2.24) is 19.1 Å². The van der Waals surface area contributed by atoms with Crippen LogP contribution in [0.5, 0.6) is 0 Å². The summed E-state index contributed by atoms with van der Waals surface area (Å²) in [7, 11) is -3.52. The maximum absolute atomic E-state index is 13.2. The molecule has 0 saturated carbocycles. The highest BCUT2D eigenvalue weighted by atomic mass is 32.2. The lowest BCUT2D eigenvalue weighted by molar-refractivity contribution is 0.102. The van der Waals surface area contributed by atoms with Gasteiger partial charge in [-0.15, -0.1) is 0 Å². The zero-order valence-corrected chi connectivity index (χ0v) is 21.5. The molecule has 0 saturated heterocycles. The number of carbonyl (C=O) groups is 1. The third-order valence-corrected chi connectivity index (χ3v) is 9.00. The first-order chi connectivity index (χ1) is 17.4. The van der Waals surface area contributed by atoms with E-state index in [1.54, 1.807) is 28.9 Å². The molecule has 1 N–H and O–H groups in total. The number of anilines is 1. The van der Waals surface area contributed by atoms with Gasteiger partial charge in [0.15, 0.2) is 10.8 Å². The Morgan fingerprint density at radius 3 is 2.39 bits per heavy atom. The fraction of sp³-hybridized carbons (Fsp3) is 0.192. The first-order valence-corrected chi connectivity index (χ1v) is 13.9. The zero-order valence-electron chi connectivity index (χ0n) is 19.9. The number of carbonyl (C=O) groups excluding carboxylic acids is 1. The molecule has 10 heteroatoms. The van der Waals surface area contributed by atoms with Crippen LogP contribution in [0.2, 0.25) is 0 Å². The van der Waals surface area contributed by atoms with Crippen molar-refractivity contribution in [1.29, 1.82) is 0 Å². The summed E-state index contributed by atoms with van der Waals surface area (Å²) in [6.07, 6.45) is 0. The summed E-state index contributed by atoms with van der Waals surface area (Å²) in [6.45, 7) is 4.87. The van der Waals surface area contributed by atoms with E-state index in [1.165, 1.54) is 15.6 Å². The Kier molecular flexibility index (Phi) is 6.57. The quantitative estimate of drug-likeness (QED) is 0.312. The highest BCUT2D eigenvalue weighted by molar-refractivity contribution is 7.89. The lowest BCUT2D eigenvalue weighted by Gasteiger charge is -2.18. The number of hydrogen-bond donors (Lipinski definition) is 1. The van der Waals surface area contributed by atoms with E-state index in [4.69, 9.17) is 0 Å². The first kappa shape index (κ1) is 24.1. The van der Waals surface area contributed by atoms with Gasteiger partial charge in [-0.05, 0) is 35.9 Å². The lowest BCUT2D eigenvalue weighted by Crippen LogP contribution is -2.30. The number of benzene rings is 3. The number of aromatic nitrogens is 3. The summed E-state index contributed by atoms with van der Waals surface area (Å²) in [5.74, 6) is -0.329. The largest absolute Gasteiger partial charge is 0.296 e. The third-order valence-electron chi connectivity index (χ3n) is 5.99. The fourth-order valence-corrected chi connectivity index (χ4v) is 6.47. The van der Waals surface area contributed by atoms with Gasteiger partial charge in [0.1, 0.15) is 0 Å². The molecule has 0 bridgehead atoms. The maximum Gasteiger partial charge on any atom is 0.278 e. The molecule has 0 radical (unpaired) electrons. The lowest BCUT2D eigenvalue weighted by atomic mass is 10.2. The molecule has 1 amide bonds. The van der Waals surface area contributed by atoms with Crippen molar-refractivity contribution in [3.8, 4) is 0 Å². The van der Waals surface area contributed by atoms with Gasteiger partial charge in [0.05, 0.1) is 27.2 Å². The van der Waals surface area contributed by atoms with Crippen LogP contribution in [0.25, 0.3) is 21.1 Å². The van der Waals surface area contributed by atoms with Gasteiger partial charge in [-0.25, -0.2) is 13.4 Å². The van der Waals surface area contributed by atoms with Gasteiger partial charge < -0.3 is 0 Å². The number of thiazole rings is 1. The average molecular weight is 520 g/mol. The van der Waals surface area contributed by atoms with Crippen LogP contribution in [-0.2, 0) is 16.6 Å². The van der Waals surface area contributed by atoms with E-state index < -0.39 is 10.0 Å². The van der Waals surface area contributed by atoms with E-state index in [0.717, 1.165) is 26.7 Å². The van der Waals surface area contributed by atoms with Crippen molar-refractivity contribution in [2.24, 2.45) is 0 Å². The van der Waals surface area contributed by atoms with Gasteiger partial charge in [-0.1, -0.05) is 67.6 Å². The topological polar surface area (TPSA) is 97.2 Å². The van der Waals surface area contributed by atoms with E-state index in [-0.39, 0.29) is 10.8 Å². The van der Waals surface area contributed by atoms with Crippen molar-refractivity contribution in [3.63, 3.8) is 0 Å². The average Bonchev–Trinajstić information content (AvgIpc) is 3.46. The number of nitrogens with one attached hydrogen (secondary N) is 1. The SMILES string of the molecule is CCN(CC)S(=O)(=O)c1ccc(Cn2nc(C(=O)Nc3nc4ccccc4s3)c3ccccc32)cc1. The minimum absolute atomic E-state index is 0.260. The van der Waals surface area contributed by atoms with Crippen LogP contribution in [0.3, 0.4) is 0 Å². The van der Waals surface area contributed by atoms with Gasteiger partial charge >= 0.3 is 0 Å². The molecular formula is C26H25N5O3S2. The predicted octanol–water partition coefficient (Wildman–Crippen LogP) is 4.98. The Balaban J connectivity index is 1.41. The van der Waals surface area contributed by atoms with Crippen LogP contribution in [0, 0.1) is 0 Å². The Morgan fingerprint density at radius 1 is 0.972 bits per heavy atom. The van der Waals surface area contributed by atoms with E-state index in [1.807, 2.05) is 62.4 Å². The number of nitrogens with zero attached hydrogens (tertiary/aromatic N) is 4. The molecular weight excluding hydrogens is 494 g/mol. The maximum atomic E-state index is 13.2. The van der Waals surface area contributed by atoms with Crippen molar-refractivity contribution >= 4 is 53.5 Å². The second kappa shape index (κ2) is 9.81. The molecule has 36 heavy (non-hydrogen) atoms. The van der Waals surface area contributed by atoms with Crippen molar-refractivity contribution in [3.05, 3.63) is 84.1 Å². The number of para-hydroxylation sites is 2. The van der Waals surface area contributed by atoms with Crippen LogP contribution >= 0.6 is 11.3 Å². The molecule has 2 aromatic heterocycles. The summed E-state index contributed by atoms with van der Waals surface area (Å²) >= 11 is 1.41. The summed E-state index contributed by atoms with van der Waals surface area (Å²) < 4.78 is 29.8. The number of amides is 1. The summed E-state index contributed by atoms with van der Waals surface area (Å²) in [5, 5.41) is 8.75. The first-order valence-electron chi connectivity index (χ1n) is 11.6. The second-order valence-corrected chi connectivity index (χ2v) is 11.2. The Bertz CT molecular complexity index is 1620. The van der Waals surface area contributed by atoms with Gasteiger partial charge in [0.2, 0.25) is 10.0 Å². The van der Waals surface area contributed by atoms with Gasteiger partial charge in [0, 0.05) is 18.5 Å². The smallest absolute Gasteiger partial charge is 0.278 e. The number of hydrogen-bond acceptors (Lipinski definition) is 6. The molecule has 0 aliphatic rings. The van der Waals surface area contributed by atoms with Gasteiger partial charge in [-0.3, -0.25) is 14.8 Å². The molecule has 0 aliphatic carbocycles. The zero-order chi connectivity index (χ0) is 25.3. The Labute approximate surface area is 213 Å². The third kappa shape index (κ3) is 4.50. The summed E-state index contributed by atoms with van der Waals surface area (Å²) in [4.78, 5) is 17.9. The molecule has 5 aromatic rings. The fourth-order valence-electron chi connectivity index (χ4n) is 4.15. The predicted molar refractivity (Wildman–Crippen MR) is 143 cm³/mol. The second-order valence-electron chi connectivity index (χ2n) is 8.20. The van der Waals surface area contributed by atoms with Crippen molar-refractivity contribution in [2.45, 2.75) is 25.3 Å². The van der Waals surface area contributed by atoms with Crippen molar-refractivity contribution < 1.29 is 13.2 Å². The number of sulfonamides is 1. The molecule has 0 spiro atoms. The molecule has 0 aliphatic heterocycles. The molecule has 2 heterocycles. The molecule has 8 nitrogen and oxygen atoms in total. The molecule has 3 aromatic carbocycles. The summed E-state index contributed by atoms with van der Waals surface area (Å²) in [6, 6.07) is 22.1. The number of fused-ring (bicyclic) bond motifs is 2. The Morgan fingerprint density at radius 2 is 1.67 bits per heavy atom. The van der Waals surface area contributed by atoms with Crippen LogP contribution in [0.4, 0.5) is 5.13 Å². The van der Waals surface area contributed by atoms with Crippen molar-refractivity contribution in [2.75, 3.05) is 18.4 Å². The van der Waals surface area contributed by atoms with E-state index >= 15 is 0 Å². The van der Waals surface area contributed by atoms with Crippen LogP contribution in [-0.4, -0.2) is 46.5 Å². The van der Waals surface area contributed by atoms with Crippen LogP contribution < -0.4 is 5.32 Å². The van der Waals surface area contributed by atoms with E-state index in [9.17, 15) is 13.2 Å².